The summed E-state index contributed by atoms with van der Waals surface area (Å²) in [5, 5.41) is 0. The van der Waals surface area contributed by atoms with Crippen LogP contribution in [0.25, 0.3) is 0 Å². The van der Waals surface area contributed by atoms with Crippen molar-refractivity contribution in [2.75, 3.05) is 0 Å². The van der Waals surface area contributed by atoms with Gasteiger partial charge in [0.1, 0.15) is 0 Å². The molecule has 1 aromatic heterocycles. The van der Waals surface area contributed by atoms with Crippen LogP contribution in [-0.4, -0.2) is 4.98 Å². The largest absolute Gasteiger partial charge is 0.440 e. The average molecular weight is 197 g/mol. The standard InChI is InChI=1S/C9H13N2OS/c1-6(2)8-4-9(13(10)12)7(3)11-5-8/h4-6,10H,1-3H3/q-1. The van der Waals surface area contributed by atoms with Crippen LogP contribution < -0.4 is 0 Å². The summed E-state index contributed by atoms with van der Waals surface area (Å²) in [6.07, 6.45) is 1.77. The van der Waals surface area contributed by atoms with Crippen molar-refractivity contribution in [2.24, 2.45) is 0 Å². The number of hydrogen-bond acceptors (Lipinski definition) is 4. The van der Waals surface area contributed by atoms with Gasteiger partial charge >= 0.3 is 0 Å². The highest BCUT2D eigenvalue weighted by Gasteiger charge is 2.00. The lowest BCUT2D eigenvalue weighted by Crippen LogP contribution is -1.95. The van der Waals surface area contributed by atoms with Gasteiger partial charge in [-0.3, -0.25) is 4.98 Å². The van der Waals surface area contributed by atoms with Gasteiger partial charge in [-0.25, -0.2) is 0 Å². The Bertz CT molecular complexity index is 375. The van der Waals surface area contributed by atoms with Crippen molar-refractivity contribution >= 4 is 10.6 Å². The van der Waals surface area contributed by atoms with E-state index in [2.05, 4.69) is 4.98 Å². The first-order valence-corrected chi connectivity index (χ1v) is 5.27. The number of rotatable bonds is 2. The summed E-state index contributed by atoms with van der Waals surface area (Å²) in [6.45, 7) is 5.86. The third kappa shape index (κ3) is 2.28. The van der Waals surface area contributed by atoms with Crippen LogP contribution in [0.15, 0.2) is 17.2 Å². The first-order valence-electron chi connectivity index (χ1n) is 4.12. The van der Waals surface area contributed by atoms with Gasteiger partial charge in [-0.05, 0) is 18.4 Å². The summed E-state index contributed by atoms with van der Waals surface area (Å²) in [5.74, 6) is 0.357. The van der Waals surface area contributed by atoms with Crippen LogP contribution in [0.5, 0.6) is 0 Å². The second-order valence-corrected chi connectivity index (χ2v) is 4.25. The lowest BCUT2D eigenvalue weighted by molar-refractivity contribution is 0.598. The molecule has 13 heavy (non-hydrogen) atoms. The molecule has 4 heteroatoms. The molecule has 0 saturated carbocycles. The maximum absolute atomic E-state index is 11.0. The van der Waals surface area contributed by atoms with E-state index in [4.69, 9.17) is 4.78 Å². The number of pyridine rings is 1. The molecule has 0 aliphatic carbocycles. The van der Waals surface area contributed by atoms with Crippen molar-refractivity contribution in [2.45, 2.75) is 31.6 Å². The zero-order valence-corrected chi connectivity index (χ0v) is 8.81. The Balaban J connectivity index is 3.27. The summed E-state index contributed by atoms with van der Waals surface area (Å²) >= 11 is 0. The van der Waals surface area contributed by atoms with Crippen LogP contribution in [0, 0.1) is 11.7 Å². The fraction of sp³-hybridized carbons (Fsp3) is 0.444. The first kappa shape index (κ1) is 10.2. The molecule has 0 bridgehead atoms. The minimum absolute atomic E-state index is 0.357. The van der Waals surface area contributed by atoms with Crippen LogP contribution in [-0.2, 0) is 14.8 Å². The molecule has 0 unspecified atom stereocenters. The summed E-state index contributed by atoms with van der Waals surface area (Å²) in [4.78, 5) is 4.63. The molecular weight excluding hydrogens is 184 g/mol. The number of nitrogens with one attached hydrogen (secondary N) is 1. The molecule has 0 aliphatic heterocycles. The Hall–Kier alpha value is -0.900. The van der Waals surface area contributed by atoms with Gasteiger partial charge in [0.05, 0.1) is 0 Å². The Morgan fingerprint density at radius 3 is 2.62 bits per heavy atom. The van der Waals surface area contributed by atoms with Crippen LogP contribution in [0.2, 0.25) is 0 Å². The lowest BCUT2D eigenvalue weighted by Gasteiger charge is -2.11. The molecule has 0 amide bonds. The minimum atomic E-state index is -1.68. The second kappa shape index (κ2) is 3.87. The average Bonchev–Trinajstić information content (AvgIpc) is 2.04. The van der Waals surface area contributed by atoms with Gasteiger partial charge in [-0.15, -0.1) is 0 Å². The Morgan fingerprint density at radius 1 is 1.54 bits per heavy atom. The molecule has 0 aliphatic rings. The molecule has 0 aromatic carbocycles. The zero-order chi connectivity index (χ0) is 10.0. The van der Waals surface area contributed by atoms with Gasteiger partial charge in [0.2, 0.25) is 0 Å². The van der Waals surface area contributed by atoms with E-state index in [0.29, 0.717) is 16.5 Å². The molecule has 1 rings (SSSR count). The molecule has 0 fully saturated rings. The van der Waals surface area contributed by atoms with Crippen LogP contribution in [0.4, 0.5) is 0 Å². The van der Waals surface area contributed by atoms with E-state index in [1.54, 1.807) is 19.2 Å². The highest BCUT2D eigenvalue weighted by atomic mass is 32.2. The zero-order valence-electron chi connectivity index (χ0n) is 8.00. The van der Waals surface area contributed by atoms with Gasteiger partial charge in [0, 0.05) is 11.9 Å². The molecule has 72 valence electrons. The summed E-state index contributed by atoms with van der Waals surface area (Å²) in [5.41, 5.74) is 1.71. The normalized spacial score (nSPS) is 11.2. The molecule has 0 radical (unpaired) electrons. The van der Waals surface area contributed by atoms with E-state index in [0.717, 1.165) is 5.56 Å². The van der Waals surface area contributed by atoms with E-state index >= 15 is 0 Å². The first-order chi connectivity index (χ1) is 6.02. The molecule has 1 heterocycles. The molecule has 1 aromatic rings. The van der Waals surface area contributed by atoms with E-state index in [1.807, 2.05) is 13.8 Å². The Morgan fingerprint density at radius 2 is 2.15 bits per heavy atom. The third-order valence-electron chi connectivity index (χ3n) is 1.93. The number of hydrogen-bond donors (Lipinski definition) is 1. The third-order valence-corrected chi connectivity index (χ3v) is 2.74. The molecule has 1 N–H and O–H groups in total. The predicted molar refractivity (Wildman–Crippen MR) is 52.1 cm³/mol. The van der Waals surface area contributed by atoms with E-state index in [1.165, 1.54) is 0 Å². The Labute approximate surface area is 80.2 Å². The quantitative estimate of drug-likeness (QED) is 0.741. The summed E-state index contributed by atoms with van der Waals surface area (Å²) in [6, 6.07) is 1.80. The van der Waals surface area contributed by atoms with Crippen LogP contribution in [0.1, 0.15) is 31.0 Å². The minimum Gasteiger partial charge on any atom is -0.440 e. The van der Waals surface area contributed by atoms with E-state index < -0.39 is 10.6 Å². The second-order valence-electron chi connectivity index (χ2n) is 3.28. The van der Waals surface area contributed by atoms with Crippen LogP contribution in [0.3, 0.4) is 0 Å². The maximum Gasteiger partial charge on any atom is 0.0304 e. The maximum atomic E-state index is 11.0. The van der Waals surface area contributed by atoms with Crippen LogP contribution >= 0.6 is 0 Å². The van der Waals surface area contributed by atoms with Gasteiger partial charge in [0.15, 0.2) is 0 Å². The summed E-state index contributed by atoms with van der Waals surface area (Å²) < 4.78 is 18.1. The van der Waals surface area contributed by atoms with Crippen molar-refractivity contribution in [1.29, 1.82) is 4.78 Å². The lowest BCUT2D eigenvalue weighted by atomic mass is 10.1. The summed E-state index contributed by atoms with van der Waals surface area (Å²) in [7, 11) is -1.68. The van der Waals surface area contributed by atoms with Gasteiger partial charge in [-0.2, -0.15) is 10.6 Å². The fourth-order valence-corrected chi connectivity index (χ4v) is 1.60. The van der Waals surface area contributed by atoms with Crippen molar-refractivity contribution in [3.8, 4) is 0 Å². The molecular formula is C9H13N2OS-. The van der Waals surface area contributed by atoms with Crippen molar-refractivity contribution < 1.29 is 4.21 Å². The van der Waals surface area contributed by atoms with Crippen molar-refractivity contribution in [3.05, 3.63) is 23.5 Å². The van der Waals surface area contributed by atoms with Crippen molar-refractivity contribution in [1.82, 2.24) is 4.98 Å². The molecule has 0 spiro atoms. The van der Waals surface area contributed by atoms with Gasteiger partial charge in [-0.1, -0.05) is 24.8 Å². The number of aromatic nitrogens is 1. The molecule has 3 nitrogen and oxygen atoms in total. The molecule has 0 saturated heterocycles. The highest BCUT2D eigenvalue weighted by Crippen LogP contribution is 2.17. The van der Waals surface area contributed by atoms with E-state index in [-0.39, 0.29) is 0 Å². The van der Waals surface area contributed by atoms with E-state index in [9.17, 15) is 4.21 Å². The number of aryl methyl sites for hydroxylation is 1. The highest BCUT2D eigenvalue weighted by molar-refractivity contribution is 7.73. The van der Waals surface area contributed by atoms with Crippen molar-refractivity contribution in [3.63, 3.8) is 0 Å². The monoisotopic (exact) mass is 197 g/mol. The molecule has 0 atom stereocenters. The SMILES string of the molecule is Cc1ncc(C(C)C)cc1[S-](=N)=O. The predicted octanol–water partition coefficient (Wildman–Crippen LogP) is 2.60. The Kier molecular flexibility index (Phi) is 3.03. The number of nitrogens with zero attached hydrogens (tertiary/aromatic N) is 1. The fourth-order valence-electron chi connectivity index (χ4n) is 1.03. The topological polar surface area (TPSA) is 53.8 Å². The van der Waals surface area contributed by atoms with Gasteiger partial charge in [0.25, 0.3) is 0 Å². The van der Waals surface area contributed by atoms with Gasteiger partial charge < -0.3 is 8.99 Å². The smallest absolute Gasteiger partial charge is 0.0304 e.